The van der Waals surface area contributed by atoms with Gasteiger partial charge in [0.1, 0.15) is 0 Å². The van der Waals surface area contributed by atoms with Gasteiger partial charge in [0, 0.05) is 35.3 Å². The van der Waals surface area contributed by atoms with Crippen molar-refractivity contribution in [3.05, 3.63) is 64.5 Å². The average Bonchev–Trinajstić information content (AvgIpc) is 3.49. The van der Waals surface area contributed by atoms with Gasteiger partial charge in [-0.3, -0.25) is 4.79 Å². The minimum Gasteiger partial charge on any atom is -0.378 e. The van der Waals surface area contributed by atoms with E-state index in [0.29, 0.717) is 16.6 Å². The molecule has 0 bridgehead atoms. The topological polar surface area (TPSA) is 36.7 Å². The van der Waals surface area contributed by atoms with E-state index < -0.39 is 0 Å². The van der Waals surface area contributed by atoms with Crippen molar-refractivity contribution < 1.29 is 4.79 Å². The first-order valence-electron chi connectivity index (χ1n) is 9.33. The molecule has 4 nitrogen and oxygen atoms in total. The van der Waals surface area contributed by atoms with Crippen molar-refractivity contribution in [3.8, 4) is 0 Å². The molecule has 1 N–H and O–H groups in total. The number of nitrogens with one attached hydrogen (secondary N) is 1. The maximum absolute atomic E-state index is 12.5. The number of amides is 1. The lowest BCUT2D eigenvalue weighted by atomic mass is 9.79. The van der Waals surface area contributed by atoms with E-state index in [1.54, 1.807) is 13.0 Å². The third kappa shape index (κ3) is 3.28. The zero-order chi connectivity index (χ0) is 19.1. The molecular formula is C22H22ClN3O. The van der Waals surface area contributed by atoms with Gasteiger partial charge < -0.3 is 10.2 Å². The van der Waals surface area contributed by atoms with Gasteiger partial charge >= 0.3 is 0 Å². The summed E-state index contributed by atoms with van der Waals surface area (Å²) in [7, 11) is 0. The van der Waals surface area contributed by atoms with Crippen LogP contribution in [0.15, 0.2) is 42.5 Å². The minimum absolute atomic E-state index is 0.0316. The number of halogens is 1. The third-order valence-corrected chi connectivity index (χ3v) is 5.96. The Labute approximate surface area is 165 Å². The standard InChI is InChI=1S/C22H22ClN3O/c1-13-21(25-17-8-6-16(23)7-9-17)19-12-18(24-3)10-11-20(19)26(14(2)27)22(13)15-4-5-15/h6-13,15,21-22,25H,4-5H2,1-2H3/t13-,21-,22-/m1/s1. The SMILES string of the molecule is [C-]#[N+]c1ccc2c(c1)[C@H](Nc1ccc(Cl)cc1)[C@@H](C)[C@H](C1CC1)N2C(C)=O. The van der Waals surface area contributed by atoms with Gasteiger partial charge in [0.2, 0.25) is 5.91 Å². The predicted molar refractivity (Wildman–Crippen MR) is 109 cm³/mol. The van der Waals surface area contributed by atoms with Gasteiger partial charge in [-0.05, 0) is 60.7 Å². The van der Waals surface area contributed by atoms with Gasteiger partial charge in [0.25, 0.3) is 0 Å². The molecule has 27 heavy (non-hydrogen) atoms. The molecule has 0 saturated heterocycles. The normalized spacial score (nSPS) is 24.1. The molecule has 1 fully saturated rings. The van der Waals surface area contributed by atoms with Crippen molar-refractivity contribution in [3.63, 3.8) is 0 Å². The highest BCUT2D eigenvalue weighted by Crippen LogP contribution is 2.50. The maximum atomic E-state index is 12.5. The molecule has 1 heterocycles. The lowest BCUT2D eigenvalue weighted by Gasteiger charge is -2.46. The molecule has 1 saturated carbocycles. The molecule has 2 aromatic rings. The highest BCUT2D eigenvalue weighted by atomic mass is 35.5. The zero-order valence-corrected chi connectivity index (χ0v) is 16.2. The number of fused-ring (bicyclic) bond motifs is 1. The van der Waals surface area contributed by atoms with Gasteiger partial charge in [-0.15, -0.1) is 0 Å². The van der Waals surface area contributed by atoms with Crippen molar-refractivity contribution in [2.75, 3.05) is 10.2 Å². The number of hydrogen-bond donors (Lipinski definition) is 1. The zero-order valence-electron chi connectivity index (χ0n) is 15.4. The smallest absolute Gasteiger partial charge is 0.224 e. The fraction of sp³-hybridized carbons (Fsp3) is 0.364. The van der Waals surface area contributed by atoms with E-state index in [-0.39, 0.29) is 23.9 Å². The van der Waals surface area contributed by atoms with E-state index in [1.165, 1.54) is 12.8 Å². The van der Waals surface area contributed by atoms with E-state index in [4.69, 9.17) is 18.2 Å². The van der Waals surface area contributed by atoms with Crippen LogP contribution >= 0.6 is 11.6 Å². The molecule has 2 aliphatic rings. The van der Waals surface area contributed by atoms with Crippen molar-refractivity contribution in [1.82, 2.24) is 0 Å². The molecule has 4 rings (SSSR count). The molecule has 1 aliphatic carbocycles. The Morgan fingerprint density at radius 1 is 1.22 bits per heavy atom. The summed E-state index contributed by atoms with van der Waals surface area (Å²) < 4.78 is 0. The van der Waals surface area contributed by atoms with Crippen LogP contribution < -0.4 is 10.2 Å². The van der Waals surface area contributed by atoms with Crippen LogP contribution in [-0.4, -0.2) is 11.9 Å². The second-order valence-corrected chi connectivity index (χ2v) is 8.00. The number of carbonyl (C=O) groups excluding carboxylic acids is 1. The number of benzene rings is 2. The van der Waals surface area contributed by atoms with E-state index in [1.807, 2.05) is 41.3 Å². The second kappa shape index (κ2) is 6.90. The Hall–Kier alpha value is -2.51. The van der Waals surface area contributed by atoms with Crippen LogP contribution in [0.25, 0.3) is 4.85 Å². The van der Waals surface area contributed by atoms with Crippen LogP contribution in [0, 0.1) is 18.4 Å². The molecule has 3 atom stereocenters. The Morgan fingerprint density at radius 3 is 2.52 bits per heavy atom. The molecule has 0 unspecified atom stereocenters. The Bertz CT molecular complexity index is 914. The van der Waals surface area contributed by atoms with E-state index in [9.17, 15) is 4.79 Å². The van der Waals surface area contributed by atoms with E-state index >= 15 is 0 Å². The maximum Gasteiger partial charge on any atom is 0.224 e. The van der Waals surface area contributed by atoms with Crippen LogP contribution in [-0.2, 0) is 4.79 Å². The molecular weight excluding hydrogens is 358 g/mol. The van der Waals surface area contributed by atoms with Gasteiger partial charge in [-0.2, -0.15) is 0 Å². The molecule has 1 amide bonds. The van der Waals surface area contributed by atoms with Crippen molar-refractivity contribution in [1.29, 1.82) is 0 Å². The quantitative estimate of drug-likeness (QED) is 0.681. The van der Waals surface area contributed by atoms with Crippen LogP contribution in [0.4, 0.5) is 17.1 Å². The van der Waals surface area contributed by atoms with Crippen LogP contribution in [0.5, 0.6) is 0 Å². The summed E-state index contributed by atoms with van der Waals surface area (Å²) in [6.07, 6.45) is 2.34. The van der Waals surface area contributed by atoms with Gasteiger partial charge in [0.15, 0.2) is 5.69 Å². The number of hydrogen-bond acceptors (Lipinski definition) is 2. The minimum atomic E-state index is 0.0316. The molecule has 2 aromatic carbocycles. The van der Waals surface area contributed by atoms with Crippen LogP contribution in [0.3, 0.4) is 0 Å². The van der Waals surface area contributed by atoms with E-state index in [2.05, 4.69) is 17.1 Å². The second-order valence-electron chi connectivity index (χ2n) is 7.56. The van der Waals surface area contributed by atoms with Crippen molar-refractivity contribution in [2.24, 2.45) is 11.8 Å². The fourth-order valence-corrected chi connectivity index (χ4v) is 4.47. The summed E-state index contributed by atoms with van der Waals surface area (Å²) in [6.45, 7) is 11.2. The molecule has 1 aliphatic heterocycles. The summed E-state index contributed by atoms with van der Waals surface area (Å²) >= 11 is 6.03. The Morgan fingerprint density at radius 2 is 1.93 bits per heavy atom. The number of anilines is 2. The van der Waals surface area contributed by atoms with Gasteiger partial charge in [-0.25, -0.2) is 4.85 Å². The lowest BCUT2D eigenvalue weighted by Crippen LogP contribution is -2.51. The van der Waals surface area contributed by atoms with Gasteiger partial charge in [0.05, 0.1) is 12.6 Å². The average molecular weight is 380 g/mol. The van der Waals surface area contributed by atoms with E-state index in [0.717, 1.165) is 16.9 Å². The van der Waals surface area contributed by atoms with Crippen molar-refractivity contribution >= 4 is 34.6 Å². The summed E-state index contributed by atoms with van der Waals surface area (Å²) in [6, 6.07) is 13.5. The summed E-state index contributed by atoms with van der Waals surface area (Å²) in [5.74, 6) is 0.846. The molecule has 0 radical (unpaired) electrons. The molecule has 0 spiro atoms. The molecule has 5 heteroatoms. The first kappa shape index (κ1) is 17.9. The number of carbonyl (C=O) groups is 1. The molecule has 0 aromatic heterocycles. The Kier molecular flexibility index (Phi) is 4.57. The monoisotopic (exact) mass is 379 g/mol. The van der Waals surface area contributed by atoms with Crippen LogP contribution in [0.1, 0.15) is 38.3 Å². The summed E-state index contributed by atoms with van der Waals surface area (Å²) in [5, 5.41) is 4.34. The highest BCUT2D eigenvalue weighted by molar-refractivity contribution is 6.30. The number of nitrogens with zero attached hydrogens (tertiary/aromatic N) is 2. The molecule has 138 valence electrons. The first-order chi connectivity index (χ1) is 13.0. The predicted octanol–water partition coefficient (Wildman–Crippen LogP) is 5.83. The lowest BCUT2D eigenvalue weighted by molar-refractivity contribution is -0.117. The third-order valence-electron chi connectivity index (χ3n) is 5.71. The summed E-state index contributed by atoms with van der Waals surface area (Å²) in [4.78, 5) is 18.1. The largest absolute Gasteiger partial charge is 0.378 e. The van der Waals surface area contributed by atoms with Gasteiger partial charge in [-0.1, -0.05) is 24.6 Å². The van der Waals surface area contributed by atoms with Crippen LogP contribution in [0.2, 0.25) is 5.02 Å². The summed E-state index contributed by atoms with van der Waals surface area (Å²) in [5.41, 5.74) is 3.52. The van der Waals surface area contributed by atoms with Crippen molar-refractivity contribution in [2.45, 2.75) is 38.8 Å². The highest BCUT2D eigenvalue weighted by Gasteiger charge is 2.47. The first-order valence-corrected chi connectivity index (χ1v) is 9.70. The fourth-order valence-electron chi connectivity index (χ4n) is 4.35. The Balaban J connectivity index is 1.81. The number of rotatable bonds is 3.